The summed E-state index contributed by atoms with van der Waals surface area (Å²) in [5, 5.41) is 0. The lowest BCUT2D eigenvalue weighted by molar-refractivity contribution is 0.00578. The molecule has 0 spiro atoms. The first-order valence-electron chi connectivity index (χ1n) is 8.04. The zero-order valence-electron chi connectivity index (χ0n) is 15.1. The second-order valence-corrected chi connectivity index (χ2v) is 7.95. The van der Waals surface area contributed by atoms with E-state index in [2.05, 4.69) is 15.9 Å². The van der Waals surface area contributed by atoms with E-state index in [4.69, 9.17) is 20.8 Å². The van der Waals surface area contributed by atoms with Crippen LogP contribution in [0.2, 0.25) is 0 Å². The van der Waals surface area contributed by atoms with Crippen molar-refractivity contribution in [3.63, 3.8) is 0 Å². The van der Waals surface area contributed by atoms with E-state index in [0.29, 0.717) is 0 Å². The molecule has 26 heavy (non-hydrogen) atoms. The zero-order chi connectivity index (χ0) is 19.7. The van der Waals surface area contributed by atoms with Crippen LogP contribution in [0.1, 0.15) is 27.7 Å². The van der Waals surface area contributed by atoms with Gasteiger partial charge >= 0.3 is 7.12 Å². The lowest BCUT2D eigenvalue weighted by Crippen LogP contribution is -2.41. The molecule has 0 radical (unpaired) electrons. The Morgan fingerprint density at radius 1 is 0.846 bits per heavy atom. The lowest BCUT2D eigenvalue weighted by Gasteiger charge is -2.32. The second kappa shape index (κ2) is 7.54. The Hall–Kier alpha value is -1.64. The summed E-state index contributed by atoms with van der Waals surface area (Å²) >= 11 is 3.15. The maximum absolute atomic E-state index is 13.1. The maximum atomic E-state index is 13.1. The van der Waals surface area contributed by atoms with Crippen molar-refractivity contribution in [1.82, 2.24) is 0 Å². The lowest BCUT2D eigenvalue weighted by atomic mass is 9.79. The van der Waals surface area contributed by atoms with Crippen LogP contribution in [0.3, 0.4) is 0 Å². The van der Waals surface area contributed by atoms with Gasteiger partial charge in [-0.1, -0.05) is 22.0 Å². The third-order valence-corrected chi connectivity index (χ3v) is 5.00. The van der Waals surface area contributed by atoms with E-state index in [0.717, 1.165) is 9.94 Å². The summed E-state index contributed by atoms with van der Waals surface area (Å²) in [6.45, 7) is 7.89. The Morgan fingerprint density at radius 3 is 1.73 bits per heavy atom. The van der Waals surface area contributed by atoms with Gasteiger partial charge in [0.2, 0.25) is 0 Å². The number of hydrogen-bond donors (Lipinski definition) is 2. The molecule has 0 bridgehead atoms. The van der Waals surface area contributed by atoms with E-state index in [1.165, 1.54) is 18.2 Å². The Morgan fingerprint density at radius 2 is 1.31 bits per heavy atom. The summed E-state index contributed by atoms with van der Waals surface area (Å²) in [6.07, 6.45) is 0. The molecule has 0 saturated carbocycles. The van der Waals surface area contributed by atoms with Gasteiger partial charge in [0.1, 0.15) is 11.6 Å². The molecule has 0 amide bonds. The van der Waals surface area contributed by atoms with Crippen molar-refractivity contribution >= 4 is 39.9 Å². The average Bonchev–Trinajstić information content (AvgIpc) is 2.75. The molecular formula is C18H22BBrF2N2O2. The molecule has 2 aromatic rings. The molecule has 0 aromatic heterocycles. The minimum atomic E-state index is -0.497. The molecule has 0 aliphatic carbocycles. The van der Waals surface area contributed by atoms with Crippen LogP contribution in [0.4, 0.5) is 20.2 Å². The van der Waals surface area contributed by atoms with Gasteiger partial charge in [0.25, 0.3) is 0 Å². The average molecular weight is 427 g/mol. The highest BCUT2D eigenvalue weighted by Crippen LogP contribution is 2.36. The molecule has 3 rings (SSSR count). The number of nitrogen functional groups attached to an aromatic ring is 2. The van der Waals surface area contributed by atoms with Crippen molar-refractivity contribution in [1.29, 1.82) is 0 Å². The molecule has 0 unspecified atom stereocenters. The van der Waals surface area contributed by atoms with Crippen LogP contribution in [0.5, 0.6) is 0 Å². The molecule has 1 saturated heterocycles. The SMILES string of the molecule is CC1(C)OB(c2ccc(F)c(N)c2)OC1(C)C.Nc1cc(Br)ccc1F. The Bertz CT molecular complexity index is 787. The fourth-order valence-corrected chi connectivity index (χ4v) is 2.58. The Balaban J connectivity index is 0.000000228. The number of rotatable bonds is 1. The molecule has 0 atom stereocenters. The van der Waals surface area contributed by atoms with Crippen LogP contribution in [-0.4, -0.2) is 18.3 Å². The van der Waals surface area contributed by atoms with Gasteiger partial charge in [-0.2, -0.15) is 0 Å². The van der Waals surface area contributed by atoms with Gasteiger partial charge in [0.05, 0.1) is 22.6 Å². The Labute approximate surface area is 161 Å². The van der Waals surface area contributed by atoms with Crippen LogP contribution < -0.4 is 16.9 Å². The van der Waals surface area contributed by atoms with Crippen LogP contribution in [0.25, 0.3) is 0 Å². The third-order valence-electron chi connectivity index (χ3n) is 4.50. The third kappa shape index (κ3) is 4.55. The predicted octanol–water partition coefficient (Wildman–Crippen LogP) is 3.88. The summed E-state index contributed by atoms with van der Waals surface area (Å²) in [5.41, 5.74) is 11.0. The fourth-order valence-electron chi connectivity index (χ4n) is 2.20. The number of hydrogen-bond acceptors (Lipinski definition) is 4. The van der Waals surface area contributed by atoms with Crippen molar-refractivity contribution in [3.05, 3.63) is 52.5 Å². The van der Waals surface area contributed by atoms with Gasteiger partial charge in [-0.05, 0) is 63.5 Å². The van der Waals surface area contributed by atoms with Gasteiger partial charge in [-0.3, -0.25) is 0 Å². The maximum Gasteiger partial charge on any atom is 0.494 e. The normalized spacial score (nSPS) is 17.6. The highest BCUT2D eigenvalue weighted by atomic mass is 79.9. The van der Waals surface area contributed by atoms with E-state index < -0.39 is 24.1 Å². The van der Waals surface area contributed by atoms with Crippen LogP contribution in [-0.2, 0) is 9.31 Å². The van der Waals surface area contributed by atoms with Crippen LogP contribution in [0, 0.1) is 11.6 Å². The number of benzene rings is 2. The second-order valence-electron chi connectivity index (χ2n) is 7.04. The quantitative estimate of drug-likeness (QED) is 0.536. The minimum absolute atomic E-state index is 0.109. The summed E-state index contributed by atoms with van der Waals surface area (Å²) in [4.78, 5) is 0. The topological polar surface area (TPSA) is 70.5 Å². The zero-order valence-corrected chi connectivity index (χ0v) is 16.7. The molecular weight excluding hydrogens is 405 g/mol. The van der Waals surface area contributed by atoms with Crippen LogP contribution in [0.15, 0.2) is 40.9 Å². The minimum Gasteiger partial charge on any atom is -0.399 e. The van der Waals surface area contributed by atoms with Crippen molar-refractivity contribution in [2.45, 2.75) is 38.9 Å². The predicted molar refractivity (Wildman–Crippen MR) is 105 cm³/mol. The highest BCUT2D eigenvalue weighted by molar-refractivity contribution is 9.10. The van der Waals surface area contributed by atoms with Crippen molar-refractivity contribution in [2.24, 2.45) is 0 Å². The van der Waals surface area contributed by atoms with E-state index in [9.17, 15) is 8.78 Å². The number of nitrogens with two attached hydrogens (primary N) is 2. The molecule has 1 aliphatic heterocycles. The van der Waals surface area contributed by atoms with Crippen molar-refractivity contribution in [3.8, 4) is 0 Å². The van der Waals surface area contributed by atoms with Gasteiger partial charge in [-0.25, -0.2) is 8.78 Å². The van der Waals surface area contributed by atoms with E-state index in [-0.39, 0.29) is 17.2 Å². The monoisotopic (exact) mass is 426 g/mol. The summed E-state index contributed by atoms with van der Waals surface area (Å²) in [6, 6.07) is 8.96. The molecule has 1 aliphatic rings. The summed E-state index contributed by atoms with van der Waals surface area (Å²) in [5.74, 6) is -0.802. The Kier molecular flexibility index (Phi) is 6.00. The van der Waals surface area contributed by atoms with E-state index >= 15 is 0 Å². The smallest absolute Gasteiger partial charge is 0.399 e. The summed E-state index contributed by atoms with van der Waals surface area (Å²) in [7, 11) is -0.497. The van der Waals surface area contributed by atoms with Crippen LogP contribution >= 0.6 is 15.9 Å². The molecule has 4 nitrogen and oxygen atoms in total. The molecule has 140 valence electrons. The standard InChI is InChI=1S/C12H17BFNO2.C6H5BrFN/c1-11(2)12(3,4)17-13(16-11)8-5-6-9(14)10(15)7-8;7-4-1-2-5(8)6(9)3-4/h5-7H,15H2,1-4H3;1-3H,9H2. The first-order valence-corrected chi connectivity index (χ1v) is 8.83. The molecule has 1 heterocycles. The van der Waals surface area contributed by atoms with Crippen molar-refractivity contribution in [2.75, 3.05) is 11.5 Å². The summed E-state index contributed by atoms with van der Waals surface area (Å²) < 4.78 is 37.9. The fraction of sp³-hybridized carbons (Fsp3) is 0.333. The first kappa shape index (κ1) is 20.7. The number of halogens is 3. The number of anilines is 2. The van der Waals surface area contributed by atoms with Gasteiger partial charge in [-0.15, -0.1) is 0 Å². The molecule has 4 N–H and O–H groups in total. The first-order chi connectivity index (χ1) is 11.9. The molecule has 2 aromatic carbocycles. The van der Waals surface area contributed by atoms with Gasteiger partial charge in [0, 0.05) is 4.47 Å². The molecule has 8 heteroatoms. The van der Waals surface area contributed by atoms with E-state index in [1.54, 1.807) is 18.2 Å². The highest BCUT2D eigenvalue weighted by Gasteiger charge is 2.51. The molecule has 1 fully saturated rings. The van der Waals surface area contributed by atoms with Gasteiger partial charge < -0.3 is 20.8 Å². The van der Waals surface area contributed by atoms with Gasteiger partial charge in [0.15, 0.2) is 0 Å². The van der Waals surface area contributed by atoms with Crippen molar-refractivity contribution < 1.29 is 18.1 Å². The largest absolute Gasteiger partial charge is 0.494 e. The van der Waals surface area contributed by atoms with E-state index in [1.807, 2.05) is 27.7 Å².